The number of carbonyl (C=O) groups is 2. The molecule has 1 fully saturated rings. The van der Waals surface area contributed by atoms with Crippen molar-refractivity contribution in [2.75, 3.05) is 13.1 Å². The van der Waals surface area contributed by atoms with E-state index in [1.807, 2.05) is 5.32 Å². The summed E-state index contributed by atoms with van der Waals surface area (Å²) in [5.74, 6) is -2.17. The van der Waals surface area contributed by atoms with Crippen molar-refractivity contribution in [1.29, 1.82) is 5.41 Å². The molecule has 11 heteroatoms. The van der Waals surface area contributed by atoms with Crippen molar-refractivity contribution >= 4 is 17.8 Å². The number of alkyl halides is 3. The average molecular weight is 408 g/mol. The molecule has 29 heavy (non-hydrogen) atoms. The summed E-state index contributed by atoms with van der Waals surface area (Å²) in [5.41, 5.74) is 4.36. The molecule has 8 nitrogen and oxygen atoms in total. The normalized spacial score (nSPS) is 15.2. The lowest BCUT2D eigenvalue weighted by molar-refractivity contribution is -0.138. The minimum absolute atomic E-state index is 0.0884. The van der Waals surface area contributed by atoms with Gasteiger partial charge in [0.2, 0.25) is 0 Å². The van der Waals surface area contributed by atoms with E-state index in [1.165, 1.54) is 24.7 Å². The van der Waals surface area contributed by atoms with Crippen molar-refractivity contribution in [3.8, 4) is 0 Å². The average Bonchev–Trinajstić information content (AvgIpc) is 3.20. The summed E-state index contributed by atoms with van der Waals surface area (Å²) in [6, 6.07) is 3.34. The Balaban J connectivity index is 1.79. The summed E-state index contributed by atoms with van der Waals surface area (Å²) in [5, 5.41) is 9.01. The molecule has 0 spiro atoms. The SMILES string of the molecule is N=C(N)NC(=O)c1ccc(C2CCN(C(=O)c3cnc[nH]3)CC2)c(C(F)(F)F)c1. The van der Waals surface area contributed by atoms with E-state index in [4.69, 9.17) is 11.1 Å². The summed E-state index contributed by atoms with van der Waals surface area (Å²) < 4.78 is 40.9. The van der Waals surface area contributed by atoms with Crippen molar-refractivity contribution in [2.24, 2.45) is 5.73 Å². The highest BCUT2D eigenvalue weighted by Crippen LogP contribution is 2.39. The first-order valence-corrected chi connectivity index (χ1v) is 8.81. The van der Waals surface area contributed by atoms with E-state index in [2.05, 4.69) is 9.97 Å². The Bertz CT molecular complexity index is 918. The predicted molar refractivity (Wildman–Crippen MR) is 97.3 cm³/mol. The highest BCUT2D eigenvalue weighted by Gasteiger charge is 2.37. The Morgan fingerprint density at radius 1 is 1.28 bits per heavy atom. The van der Waals surface area contributed by atoms with Crippen LogP contribution in [0.4, 0.5) is 13.2 Å². The van der Waals surface area contributed by atoms with Crippen molar-refractivity contribution in [1.82, 2.24) is 20.2 Å². The quantitative estimate of drug-likeness (QED) is 0.458. The molecular formula is C18H19F3N6O2. The van der Waals surface area contributed by atoms with E-state index in [9.17, 15) is 22.8 Å². The number of benzene rings is 1. The molecule has 0 bridgehead atoms. The van der Waals surface area contributed by atoms with E-state index in [0.29, 0.717) is 31.6 Å². The van der Waals surface area contributed by atoms with E-state index >= 15 is 0 Å². The third-order valence-corrected chi connectivity index (χ3v) is 4.82. The van der Waals surface area contributed by atoms with Gasteiger partial charge in [-0.05, 0) is 36.5 Å². The third kappa shape index (κ3) is 4.55. The van der Waals surface area contributed by atoms with E-state index < -0.39 is 29.5 Å². The highest BCUT2D eigenvalue weighted by molar-refractivity contribution is 6.04. The van der Waals surface area contributed by atoms with Crippen LogP contribution >= 0.6 is 0 Å². The zero-order chi connectivity index (χ0) is 21.2. The van der Waals surface area contributed by atoms with Crippen LogP contribution in [0.1, 0.15) is 50.7 Å². The van der Waals surface area contributed by atoms with Gasteiger partial charge in [-0.1, -0.05) is 6.07 Å². The van der Waals surface area contributed by atoms with Gasteiger partial charge in [0.05, 0.1) is 18.1 Å². The van der Waals surface area contributed by atoms with E-state index in [-0.39, 0.29) is 17.0 Å². The Labute approximate surface area is 163 Å². The van der Waals surface area contributed by atoms with Crippen LogP contribution in [0.5, 0.6) is 0 Å². The number of hydrogen-bond donors (Lipinski definition) is 4. The maximum absolute atomic E-state index is 13.6. The number of rotatable bonds is 3. The first-order valence-electron chi connectivity index (χ1n) is 8.81. The number of likely N-dealkylation sites (tertiary alicyclic amines) is 1. The first-order chi connectivity index (χ1) is 13.7. The number of imidazole rings is 1. The van der Waals surface area contributed by atoms with Crippen LogP contribution in [0.25, 0.3) is 0 Å². The smallest absolute Gasteiger partial charge is 0.370 e. The number of carbonyl (C=O) groups excluding carboxylic acids is 2. The second-order valence-corrected chi connectivity index (χ2v) is 6.70. The van der Waals surface area contributed by atoms with Gasteiger partial charge in [-0.3, -0.25) is 20.3 Å². The standard InChI is InChI=1S/C18H19F3N6O2/c19-18(20,21)13-7-11(15(28)26-17(22)23)1-2-12(13)10-3-5-27(6-4-10)16(29)14-8-24-9-25-14/h1-2,7-10H,3-6H2,(H,24,25)(H4,22,23,26,28). The molecule has 2 aromatic rings. The van der Waals surface area contributed by atoms with Crippen LogP contribution < -0.4 is 11.1 Å². The van der Waals surface area contributed by atoms with E-state index in [1.54, 1.807) is 4.90 Å². The summed E-state index contributed by atoms with van der Waals surface area (Å²) >= 11 is 0. The van der Waals surface area contributed by atoms with Crippen LogP contribution in [0.2, 0.25) is 0 Å². The number of aromatic nitrogens is 2. The summed E-state index contributed by atoms with van der Waals surface area (Å²) in [4.78, 5) is 32.3. The summed E-state index contributed by atoms with van der Waals surface area (Å²) in [7, 11) is 0. The fourth-order valence-electron chi connectivity index (χ4n) is 3.43. The molecule has 1 aromatic heterocycles. The molecule has 0 aliphatic carbocycles. The summed E-state index contributed by atoms with van der Waals surface area (Å²) in [6.45, 7) is 0.624. The molecule has 2 amide bonds. The summed E-state index contributed by atoms with van der Waals surface area (Å²) in [6.07, 6.45) is -1.13. The van der Waals surface area contributed by atoms with Crippen molar-refractivity contribution in [3.05, 3.63) is 53.1 Å². The molecule has 1 aliphatic rings. The predicted octanol–water partition coefficient (Wildman–Crippen LogP) is 2.07. The third-order valence-electron chi connectivity index (χ3n) is 4.82. The lowest BCUT2D eigenvalue weighted by Gasteiger charge is -2.33. The van der Waals surface area contributed by atoms with Crippen molar-refractivity contribution in [2.45, 2.75) is 24.9 Å². The lowest BCUT2D eigenvalue weighted by atomic mass is 9.85. The molecule has 1 aromatic carbocycles. The Hall–Kier alpha value is -3.37. The molecule has 5 N–H and O–H groups in total. The maximum Gasteiger partial charge on any atom is 0.416 e. The zero-order valence-corrected chi connectivity index (χ0v) is 15.2. The second-order valence-electron chi connectivity index (χ2n) is 6.70. The van der Waals surface area contributed by atoms with Crippen LogP contribution in [-0.4, -0.2) is 45.7 Å². The number of nitrogens with zero attached hydrogens (tertiary/aromatic N) is 2. The number of nitrogens with one attached hydrogen (secondary N) is 3. The van der Waals surface area contributed by atoms with Gasteiger partial charge in [-0.25, -0.2) is 4.98 Å². The Morgan fingerprint density at radius 3 is 2.52 bits per heavy atom. The molecule has 1 saturated heterocycles. The van der Waals surface area contributed by atoms with Crippen LogP contribution in [-0.2, 0) is 6.18 Å². The molecule has 0 radical (unpaired) electrons. The number of piperidine rings is 1. The number of halogens is 3. The number of aromatic amines is 1. The maximum atomic E-state index is 13.6. The molecule has 154 valence electrons. The Morgan fingerprint density at radius 2 is 1.97 bits per heavy atom. The first kappa shape index (κ1) is 20.4. The Kier molecular flexibility index (Phi) is 5.57. The van der Waals surface area contributed by atoms with Gasteiger partial charge in [-0.15, -0.1) is 0 Å². The molecule has 1 aliphatic heterocycles. The largest absolute Gasteiger partial charge is 0.416 e. The molecule has 0 saturated carbocycles. The van der Waals surface area contributed by atoms with Crippen LogP contribution in [0, 0.1) is 5.41 Å². The van der Waals surface area contributed by atoms with Gasteiger partial charge in [0.15, 0.2) is 5.96 Å². The fourth-order valence-corrected chi connectivity index (χ4v) is 3.43. The molecule has 0 unspecified atom stereocenters. The number of nitrogens with two attached hydrogens (primary N) is 1. The monoisotopic (exact) mass is 408 g/mol. The number of guanidine groups is 1. The van der Waals surface area contributed by atoms with Crippen molar-refractivity contribution < 1.29 is 22.8 Å². The minimum atomic E-state index is -4.65. The molecule has 3 rings (SSSR count). The van der Waals surface area contributed by atoms with Gasteiger partial charge >= 0.3 is 6.18 Å². The molecule has 2 heterocycles. The lowest BCUT2D eigenvalue weighted by Crippen LogP contribution is -2.38. The number of H-pyrrole nitrogens is 1. The van der Waals surface area contributed by atoms with Crippen LogP contribution in [0.15, 0.2) is 30.7 Å². The second kappa shape index (κ2) is 7.94. The zero-order valence-electron chi connectivity index (χ0n) is 15.2. The highest BCUT2D eigenvalue weighted by atomic mass is 19.4. The molecule has 0 atom stereocenters. The fraction of sp³-hybridized carbons (Fsp3) is 0.333. The van der Waals surface area contributed by atoms with Crippen LogP contribution in [0.3, 0.4) is 0 Å². The van der Waals surface area contributed by atoms with Crippen molar-refractivity contribution in [3.63, 3.8) is 0 Å². The van der Waals surface area contributed by atoms with Gasteiger partial charge < -0.3 is 15.6 Å². The number of hydrogen-bond acceptors (Lipinski definition) is 4. The van der Waals surface area contributed by atoms with Gasteiger partial charge in [0.1, 0.15) is 5.69 Å². The molecular weight excluding hydrogens is 389 g/mol. The minimum Gasteiger partial charge on any atom is -0.370 e. The van der Waals surface area contributed by atoms with E-state index in [0.717, 1.165) is 6.07 Å². The van der Waals surface area contributed by atoms with Gasteiger partial charge in [-0.2, -0.15) is 13.2 Å². The van der Waals surface area contributed by atoms with Gasteiger partial charge in [0.25, 0.3) is 11.8 Å². The van der Waals surface area contributed by atoms with Gasteiger partial charge in [0, 0.05) is 18.7 Å². The number of amides is 2. The topological polar surface area (TPSA) is 128 Å².